The molecule has 93 valence electrons. The smallest absolute Gasteiger partial charge is 0.0254 e. The Bertz CT molecular complexity index is 527. The molecule has 0 saturated heterocycles. The summed E-state index contributed by atoms with van der Waals surface area (Å²) in [6.45, 7) is 0. The molecule has 2 aromatic carbocycles. The van der Waals surface area contributed by atoms with Gasteiger partial charge in [-0.15, -0.1) is 0 Å². The van der Waals surface area contributed by atoms with E-state index in [1.807, 2.05) is 12.1 Å². The van der Waals surface area contributed by atoms with Crippen molar-refractivity contribution in [2.24, 2.45) is 0 Å². The molecule has 0 aromatic heterocycles. The second-order valence-corrected chi connectivity index (χ2v) is 8.83. The van der Waals surface area contributed by atoms with Gasteiger partial charge in [0.25, 0.3) is 0 Å². The van der Waals surface area contributed by atoms with Crippen LogP contribution in [0.25, 0.3) is 0 Å². The van der Waals surface area contributed by atoms with E-state index in [1.165, 1.54) is 16.3 Å². The molecule has 0 bridgehead atoms. The maximum atomic E-state index is 6.17. The second-order valence-electron chi connectivity index (χ2n) is 4.42. The van der Waals surface area contributed by atoms with Crippen LogP contribution in [0, 0.1) is 31.3 Å². The zero-order chi connectivity index (χ0) is 13.1. The van der Waals surface area contributed by atoms with E-state index in [2.05, 4.69) is 74.2 Å². The molecular weight excluding hydrogens is 267 g/mol. The molecule has 0 aliphatic heterocycles. The van der Waals surface area contributed by atoms with E-state index in [4.69, 9.17) is 11.8 Å². The Labute approximate surface area is 120 Å². The highest BCUT2D eigenvalue weighted by atomic mass is 32.4. The highest BCUT2D eigenvalue weighted by Crippen LogP contribution is 2.58. The Morgan fingerprint density at radius 2 is 1.05 bits per heavy atom. The summed E-state index contributed by atoms with van der Waals surface area (Å²) < 4.78 is 0. The number of rotatable bonds is 3. The molecule has 0 heterocycles. The van der Waals surface area contributed by atoms with E-state index < -0.39 is 6.04 Å². The van der Waals surface area contributed by atoms with E-state index in [0.717, 1.165) is 0 Å². The largest absolute Gasteiger partial charge is 0.0870 e. The molecule has 3 rings (SSSR count). The molecule has 1 fully saturated rings. The summed E-state index contributed by atoms with van der Waals surface area (Å²) in [5.74, 6) is 0. The topological polar surface area (TPSA) is 0 Å². The van der Waals surface area contributed by atoms with Crippen LogP contribution in [0.5, 0.6) is 0 Å². The van der Waals surface area contributed by atoms with Gasteiger partial charge in [0.05, 0.1) is 0 Å². The van der Waals surface area contributed by atoms with Crippen LogP contribution < -0.4 is 10.6 Å². The standard InChI is InChI=1S/C17H14PS/c19-18(17-13-7-8-14-17,15-9-3-1-4-10-15)16-11-5-2-6-12-16/h1-14H. The fraction of sp³-hybridized carbons (Fsp3) is 0. The van der Waals surface area contributed by atoms with Crippen molar-refractivity contribution in [3.63, 3.8) is 0 Å². The van der Waals surface area contributed by atoms with Crippen LogP contribution in [0.1, 0.15) is 0 Å². The Kier molecular flexibility index (Phi) is 3.86. The minimum Gasteiger partial charge on any atom is -0.0870 e. The van der Waals surface area contributed by atoms with Crippen molar-refractivity contribution in [2.45, 2.75) is 0 Å². The van der Waals surface area contributed by atoms with Crippen molar-refractivity contribution in [3.8, 4) is 0 Å². The second kappa shape index (κ2) is 5.61. The van der Waals surface area contributed by atoms with Gasteiger partial charge in [-0.05, 0) is 36.3 Å². The predicted molar refractivity (Wildman–Crippen MR) is 86.9 cm³/mol. The van der Waals surface area contributed by atoms with E-state index in [0.29, 0.717) is 0 Å². The van der Waals surface area contributed by atoms with Gasteiger partial charge < -0.3 is 0 Å². The fourth-order valence-electron chi connectivity index (χ4n) is 2.30. The highest BCUT2D eigenvalue weighted by molar-refractivity contribution is 8.23. The third-order valence-electron chi connectivity index (χ3n) is 3.25. The molecule has 5 radical (unpaired) electrons. The zero-order valence-electron chi connectivity index (χ0n) is 10.4. The first-order valence-corrected chi connectivity index (χ1v) is 9.05. The van der Waals surface area contributed by atoms with Gasteiger partial charge >= 0.3 is 0 Å². The minimum atomic E-state index is -1.90. The average Bonchev–Trinajstić information content (AvgIpc) is 3.03. The summed E-state index contributed by atoms with van der Waals surface area (Å²) in [7, 11) is 0. The average molecular weight is 281 g/mol. The first-order valence-electron chi connectivity index (χ1n) is 6.25. The Morgan fingerprint density at radius 3 is 1.47 bits per heavy atom. The lowest BCUT2D eigenvalue weighted by molar-refractivity contribution is 1.52. The van der Waals surface area contributed by atoms with Crippen molar-refractivity contribution in [2.75, 3.05) is 0 Å². The summed E-state index contributed by atoms with van der Waals surface area (Å²) >= 11 is 6.17. The Hall–Kier alpha value is -0.910. The van der Waals surface area contributed by atoms with Crippen molar-refractivity contribution in [1.82, 2.24) is 0 Å². The van der Waals surface area contributed by atoms with E-state index in [9.17, 15) is 0 Å². The molecule has 1 aliphatic rings. The van der Waals surface area contributed by atoms with Gasteiger partial charge in [-0.25, -0.2) is 0 Å². The summed E-state index contributed by atoms with van der Waals surface area (Å²) in [5, 5.41) is 2.50. The molecule has 2 heteroatoms. The van der Waals surface area contributed by atoms with Crippen LogP contribution in [0.3, 0.4) is 0 Å². The van der Waals surface area contributed by atoms with Crippen LogP contribution in [-0.2, 0) is 11.8 Å². The maximum Gasteiger partial charge on any atom is 0.0254 e. The lowest BCUT2D eigenvalue weighted by atomic mass is 10.3. The van der Waals surface area contributed by atoms with Crippen LogP contribution in [0.2, 0.25) is 0 Å². The summed E-state index contributed by atoms with van der Waals surface area (Å²) in [4.78, 5) is 0. The SMILES string of the molecule is S=P([C]1[CH][CH][CH][CH]1)(c1ccccc1)c1ccccc1. The molecule has 0 N–H and O–H groups in total. The van der Waals surface area contributed by atoms with E-state index >= 15 is 0 Å². The quantitative estimate of drug-likeness (QED) is 0.776. The van der Waals surface area contributed by atoms with E-state index in [1.54, 1.807) is 0 Å². The molecule has 0 unspecified atom stereocenters. The first kappa shape index (κ1) is 13.1. The Balaban J connectivity index is 2.13. The Morgan fingerprint density at radius 1 is 0.632 bits per heavy atom. The van der Waals surface area contributed by atoms with Crippen molar-refractivity contribution >= 4 is 28.5 Å². The summed E-state index contributed by atoms with van der Waals surface area (Å²) in [6.07, 6.45) is 8.45. The third-order valence-corrected chi connectivity index (χ3v) is 8.22. The zero-order valence-corrected chi connectivity index (χ0v) is 12.1. The first-order chi connectivity index (χ1) is 9.32. The van der Waals surface area contributed by atoms with Gasteiger partial charge in [0, 0.05) is 11.7 Å². The minimum absolute atomic E-state index is 1.25. The van der Waals surface area contributed by atoms with Crippen molar-refractivity contribution in [3.05, 3.63) is 92.0 Å². The van der Waals surface area contributed by atoms with Crippen LogP contribution >= 0.6 is 6.04 Å². The summed E-state index contributed by atoms with van der Waals surface area (Å²) in [5.41, 5.74) is 1.26. The molecule has 2 aromatic rings. The van der Waals surface area contributed by atoms with Crippen LogP contribution in [-0.4, -0.2) is 0 Å². The molecule has 0 atom stereocenters. The predicted octanol–water partition coefficient (Wildman–Crippen LogP) is 3.48. The van der Waals surface area contributed by atoms with Gasteiger partial charge in [-0.3, -0.25) is 0 Å². The fourth-order valence-corrected chi connectivity index (χ4v) is 6.06. The molecular formula is C17H14PS. The molecule has 0 amide bonds. The van der Waals surface area contributed by atoms with Gasteiger partial charge in [-0.2, -0.15) is 0 Å². The highest BCUT2D eigenvalue weighted by Gasteiger charge is 2.34. The molecule has 19 heavy (non-hydrogen) atoms. The van der Waals surface area contributed by atoms with Crippen molar-refractivity contribution in [1.29, 1.82) is 0 Å². The molecule has 0 nitrogen and oxygen atoms in total. The van der Waals surface area contributed by atoms with E-state index in [-0.39, 0.29) is 0 Å². The lowest BCUT2D eigenvalue weighted by Crippen LogP contribution is -2.20. The number of hydrogen-bond acceptors (Lipinski definition) is 1. The molecule has 1 aliphatic carbocycles. The molecule has 0 spiro atoms. The number of benzene rings is 2. The molecule has 1 saturated carbocycles. The maximum absolute atomic E-state index is 6.17. The summed E-state index contributed by atoms with van der Waals surface area (Å²) in [6, 6.07) is 19.1. The van der Waals surface area contributed by atoms with Crippen LogP contribution in [0.15, 0.2) is 60.7 Å². The van der Waals surface area contributed by atoms with Gasteiger partial charge in [0.1, 0.15) is 0 Å². The monoisotopic (exact) mass is 281 g/mol. The van der Waals surface area contributed by atoms with Crippen molar-refractivity contribution < 1.29 is 0 Å². The lowest BCUT2D eigenvalue weighted by Gasteiger charge is -2.28. The third kappa shape index (κ3) is 2.42. The van der Waals surface area contributed by atoms with Gasteiger partial charge in [0.15, 0.2) is 0 Å². The van der Waals surface area contributed by atoms with Crippen LogP contribution in [0.4, 0.5) is 0 Å². The number of hydrogen-bond donors (Lipinski definition) is 0. The van der Waals surface area contributed by atoms with Gasteiger partial charge in [-0.1, -0.05) is 72.5 Å². The van der Waals surface area contributed by atoms with Gasteiger partial charge in [0.2, 0.25) is 0 Å². The normalized spacial score (nSPS) is 16.6.